The lowest BCUT2D eigenvalue weighted by atomic mass is 10.0. The summed E-state index contributed by atoms with van der Waals surface area (Å²) in [5, 5.41) is 9.95. The summed E-state index contributed by atoms with van der Waals surface area (Å²) in [6.07, 6.45) is 1.03. The Balaban J connectivity index is 1.99. The number of ether oxygens (including phenoxy) is 1. The van der Waals surface area contributed by atoms with Crippen LogP contribution in [0.4, 0.5) is 0 Å². The van der Waals surface area contributed by atoms with E-state index in [0.29, 0.717) is 29.2 Å². The van der Waals surface area contributed by atoms with Crippen molar-refractivity contribution >= 4 is 23.5 Å². The van der Waals surface area contributed by atoms with Crippen LogP contribution in [0.1, 0.15) is 34.8 Å². The van der Waals surface area contributed by atoms with Crippen molar-refractivity contribution in [2.24, 2.45) is 0 Å². The van der Waals surface area contributed by atoms with Gasteiger partial charge in [-0.05, 0) is 36.6 Å². The molecule has 1 aliphatic heterocycles. The number of hydrogen-bond acceptors (Lipinski definition) is 3. The second-order valence-electron chi connectivity index (χ2n) is 5.92. The predicted molar refractivity (Wildman–Crippen MR) is 94.0 cm³/mol. The number of carboxylic acids is 1. The van der Waals surface area contributed by atoms with Crippen LogP contribution in [0.15, 0.2) is 48.5 Å². The Morgan fingerprint density at radius 2 is 1.88 bits per heavy atom. The van der Waals surface area contributed by atoms with Crippen molar-refractivity contribution in [2.75, 3.05) is 7.11 Å². The van der Waals surface area contributed by atoms with Crippen LogP contribution in [-0.2, 0) is 4.79 Å². The summed E-state index contributed by atoms with van der Waals surface area (Å²) in [7, 11) is 1.47. The molecule has 1 unspecified atom stereocenters. The van der Waals surface area contributed by atoms with Crippen LogP contribution >= 0.6 is 11.6 Å². The van der Waals surface area contributed by atoms with Gasteiger partial charge in [-0.3, -0.25) is 4.79 Å². The van der Waals surface area contributed by atoms with Gasteiger partial charge in [0.1, 0.15) is 11.8 Å². The minimum Gasteiger partial charge on any atom is -0.495 e. The van der Waals surface area contributed by atoms with E-state index in [4.69, 9.17) is 16.3 Å². The Kier molecular flexibility index (Phi) is 4.95. The van der Waals surface area contributed by atoms with Crippen LogP contribution in [0.3, 0.4) is 0 Å². The molecule has 1 N–H and O–H groups in total. The summed E-state index contributed by atoms with van der Waals surface area (Å²) in [5.74, 6) is -0.948. The first kappa shape index (κ1) is 17.3. The molecule has 5 nitrogen and oxygen atoms in total. The highest BCUT2D eigenvalue weighted by Crippen LogP contribution is 2.38. The number of carboxylic acid groups (broad SMARTS) is 1. The van der Waals surface area contributed by atoms with E-state index in [1.807, 2.05) is 30.3 Å². The maximum absolute atomic E-state index is 13.1. The lowest BCUT2D eigenvalue weighted by molar-refractivity contribution is -0.141. The first-order valence-electron chi connectivity index (χ1n) is 7.97. The summed E-state index contributed by atoms with van der Waals surface area (Å²) >= 11 is 6.02. The molecule has 1 heterocycles. The molecule has 1 saturated heterocycles. The van der Waals surface area contributed by atoms with E-state index in [-0.39, 0.29) is 11.9 Å². The molecular formula is C19H18ClNO4. The SMILES string of the molecule is COc1cc(C(=O)N2C(C(=O)O)CC[C@H]2c2ccccc2)ccc1Cl. The average molecular weight is 360 g/mol. The fourth-order valence-corrected chi connectivity index (χ4v) is 3.48. The monoisotopic (exact) mass is 359 g/mol. The Labute approximate surface area is 150 Å². The summed E-state index contributed by atoms with van der Waals surface area (Å²) in [4.78, 5) is 26.2. The quantitative estimate of drug-likeness (QED) is 0.902. The van der Waals surface area contributed by atoms with Gasteiger partial charge in [-0.15, -0.1) is 0 Å². The van der Waals surface area contributed by atoms with Crippen LogP contribution in [0.25, 0.3) is 0 Å². The first-order chi connectivity index (χ1) is 12.0. The molecule has 0 spiro atoms. The van der Waals surface area contributed by atoms with Crippen LogP contribution in [0, 0.1) is 0 Å². The van der Waals surface area contributed by atoms with Gasteiger partial charge < -0.3 is 14.7 Å². The predicted octanol–water partition coefficient (Wildman–Crippen LogP) is 3.78. The van der Waals surface area contributed by atoms with Crippen molar-refractivity contribution in [3.63, 3.8) is 0 Å². The summed E-state index contributed by atoms with van der Waals surface area (Å²) in [6.45, 7) is 0. The van der Waals surface area contributed by atoms with E-state index < -0.39 is 12.0 Å². The maximum Gasteiger partial charge on any atom is 0.326 e. The Bertz CT molecular complexity index is 793. The van der Waals surface area contributed by atoms with Gasteiger partial charge in [-0.25, -0.2) is 4.79 Å². The number of nitrogens with zero attached hydrogens (tertiary/aromatic N) is 1. The third-order valence-electron chi connectivity index (χ3n) is 4.49. The second kappa shape index (κ2) is 7.15. The number of carbonyl (C=O) groups is 2. The van der Waals surface area contributed by atoms with Gasteiger partial charge in [-0.1, -0.05) is 41.9 Å². The fourth-order valence-electron chi connectivity index (χ4n) is 3.28. The molecule has 25 heavy (non-hydrogen) atoms. The molecule has 1 fully saturated rings. The van der Waals surface area contributed by atoms with Gasteiger partial charge in [0.15, 0.2) is 0 Å². The largest absolute Gasteiger partial charge is 0.495 e. The minimum atomic E-state index is -0.993. The van der Waals surface area contributed by atoms with Gasteiger partial charge in [0.05, 0.1) is 18.2 Å². The number of carbonyl (C=O) groups excluding carboxylic acids is 1. The summed E-state index contributed by atoms with van der Waals surface area (Å²) in [5.41, 5.74) is 1.29. The van der Waals surface area contributed by atoms with E-state index in [1.54, 1.807) is 18.2 Å². The number of halogens is 1. The van der Waals surface area contributed by atoms with Gasteiger partial charge in [0.25, 0.3) is 5.91 Å². The molecule has 2 atom stereocenters. The topological polar surface area (TPSA) is 66.8 Å². The normalized spacial score (nSPS) is 19.7. The Hall–Kier alpha value is -2.53. The summed E-state index contributed by atoms with van der Waals surface area (Å²) < 4.78 is 5.17. The third-order valence-corrected chi connectivity index (χ3v) is 4.80. The van der Waals surface area contributed by atoms with E-state index in [9.17, 15) is 14.7 Å². The van der Waals surface area contributed by atoms with Crippen molar-refractivity contribution < 1.29 is 19.4 Å². The van der Waals surface area contributed by atoms with E-state index in [0.717, 1.165) is 5.56 Å². The highest BCUT2D eigenvalue weighted by molar-refractivity contribution is 6.32. The highest BCUT2D eigenvalue weighted by Gasteiger charge is 2.42. The molecule has 0 aliphatic carbocycles. The van der Waals surface area contributed by atoms with E-state index >= 15 is 0 Å². The zero-order valence-electron chi connectivity index (χ0n) is 13.7. The lowest BCUT2D eigenvalue weighted by Gasteiger charge is -2.29. The summed E-state index contributed by atoms with van der Waals surface area (Å²) in [6, 6.07) is 13.1. The third kappa shape index (κ3) is 3.33. The standard InChI is InChI=1S/C19H18ClNO4/c1-25-17-11-13(7-8-14(17)20)18(22)21-15(9-10-16(21)19(23)24)12-5-3-2-4-6-12/h2-8,11,15-16H,9-10H2,1H3,(H,23,24)/t15-,16?/m0/s1. The van der Waals surface area contributed by atoms with Gasteiger partial charge in [-0.2, -0.15) is 0 Å². The molecule has 0 radical (unpaired) electrons. The molecule has 1 aliphatic rings. The van der Waals surface area contributed by atoms with Crippen molar-refractivity contribution in [3.05, 3.63) is 64.7 Å². The fraction of sp³-hybridized carbons (Fsp3) is 0.263. The van der Waals surface area contributed by atoms with Crippen molar-refractivity contribution in [1.82, 2.24) is 4.90 Å². The number of likely N-dealkylation sites (tertiary alicyclic amines) is 1. The first-order valence-corrected chi connectivity index (χ1v) is 8.34. The van der Waals surface area contributed by atoms with Crippen LogP contribution < -0.4 is 4.74 Å². The molecule has 130 valence electrons. The number of benzene rings is 2. The molecule has 6 heteroatoms. The van der Waals surface area contributed by atoms with Gasteiger partial charge >= 0.3 is 5.97 Å². The van der Waals surface area contributed by atoms with Crippen molar-refractivity contribution in [1.29, 1.82) is 0 Å². The minimum absolute atomic E-state index is 0.267. The van der Waals surface area contributed by atoms with Gasteiger partial charge in [0.2, 0.25) is 0 Å². The zero-order valence-corrected chi connectivity index (χ0v) is 14.4. The Morgan fingerprint density at radius 3 is 2.52 bits per heavy atom. The van der Waals surface area contributed by atoms with Crippen molar-refractivity contribution in [2.45, 2.75) is 24.9 Å². The average Bonchev–Trinajstić information content (AvgIpc) is 3.07. The second-order valence-corrected chi connectivity index (χ2v) is 6.33. The van der Waals surface area contributed by atoms with E-state index in [1.165, 1.54) is 12.0 Å². The Morgan fingerprint density at radius 1 is 1.16 bits per heavy atom. The number of methoxy groups -OCH3 is 1. The number of hydrogen-bond donors (Lipinski definition) is 1. The van der Waals surface area contributed by atoms with Crippen LogP contribution in [0.5, 0.6) is 5.75 Å². The number of rotatable bonds is 4. The molecule has 0 bridgehead atoms. The zero-order chi connectivity index (χ0) is 18.0. The molecule has 0 saturated carbocycles. The van der Waals surface area contributed by atoms with Gasteiger partial charge in [0, 0.05) is 5.56 Å². The number of amides is 1. The molecule has 1 amide bonds. The number of aliphatic carboxylic acids is 1. The maximum atomic E-state index is 13.1. The smallest absolute Gasteiger partial charge is 0.326 e. The molecule has 0 aromatic heterocycles. The van der Waals surface area contributed by atoms with Crippen LogP contribution in [0.2, 0.25) is 5.02 Å². The molecule has 2 aromatic carbocycles. The highest BCUT2D eigenvalue weighted by atomic mass is 35.5. The molecule has 2 aromatic rings. The molecular weight excluding hydrogens is 342 g/mol. The lowest BCUT2D eigenvalue weighted by Crippen LogP contribution is -2.41. The van der Waals surface area contributed by atoms with E-state index in [2.05, 4.69) is 0 Å². The van der Waals surface area contributed by atoms with Crippen LogP contribution in [-0.4, -0.2) is 35.0 Å². The molecule has 3 rings (SSSR count). The van der Waals surface area contributed by atoms with Crippen molar-refractivity contribution in [3.8, 4) is 5.75 Å².